The molecule has 0 aliphatic carbocycles. The number of halogens is 1. The maximum atomic E-state index is 6.37. The summed E-state index contributed by atoms with van der Waals surface area (Å²) in [5, 5.41) is 4.15. The molecule has 1 saturated heterocycles. The third-order valence-corrected chi connectivity index (χ3v) is 4.54. The topological polar surface area (TPSA) is 33.7 Å². The molecule has 23 heavy (non-hydrogen) atoms. The molecule has 1 fully saturated rings. The summed E-state index contributed by atoms with van der Waals surface area (Å²) in [4.78, 5) is 2.54. The normalized spacial score (nSPS) is 18.6. The van der Waals surface area contributed by atoms with Gasteiger partial charge in [0, 0.05) is 19.1 Å². The van der Waals surface area contributed by atoms with Crippen LogP contribution in [-0.2, 0) is 6.54 Å². The lowest BCUT2D eigenvalue weighted by molar-refractivity contribution is 0.230. The van der Waals surface area contributed by atoms with Crippen LogP contribution in [0.3, 0.4) is 0 Å². The molecule has 130 valence electrons. The van der Waals surface area contributed by atoms with E-state index in [9.17, 15) is 0 Å². The second-order valence-electron chi connectivity index (χ2n) is 6.33. The van der Waals surface area contributed by atoms with Crippen molar-refractivity contribution in [3.05, 3.63) is 22.7 Å². The van der Waals surface area contributed by atoms with E-state index >= 15 is 0 Å². The number of nitrogens with zero attached hydrogens (tertiary/aromatic N) is 1. The fourth-order valence-electron chi connectivity index (χ4n) is 3.15. The molecule has 4 nitrogen and oxygen atoms in total. The van der Waals surface area contributed by atoms with Crippen molar-refractivity contribution >= 4 is 11.6 Å². The summed E-state index contributed by atoms with van der Waals surface area (Å²) in [5.74, 6) is 1.32. The fraction of sp³-hybridized carbons (Fsp3) is 0.667. The zero-order chi connectivity index (χ0) is 16.8. The minimum atomic E-state index is 0.0627. The number of hydrogen-bond donors (Lipinski definition) is 1. The van der Waals surface area contributed by atoms with E-state index in [4.69, 9.17) is 21.1 Å². The van der Waals surface area contributed by atoms with Crippen LogP contribution in [0, 0.1) is 0 Å². The molecule has 1 atom stereocenters. The zero-order valence-corrected chi connectivity index (χ0v) is 15.4. The number of nitrogens with one attached hydrogen (secondary N) is 1. The van der Waals surface area contributed by atoms with Gasteiger partial charge in [-0.3, -0.25) is 4.90 Å². The molecule has 1 aliphatic heterocycles. The quantitative estimate of drug-likeness (QED) is 0.782. The minimum absolute atomic E-state index is 0.0627. The van der Waals surface area contributed by atoms with E-state index in [0.717, 1.165) is 25.2 Å². The number of ether oxygens (including phenoxy) is 2. The van der Waals surface area contributed by atoms with Gasteiger partial charge >= 0.3 is 0 Å². The van der Waals surface area contributed by atoms with Crippen molar-refractivity contribution in [2.24, 2.45) is 0 Å². The number of benzene rings is 1. The molecule has 0 amide bonds. The van der Waals surface area contributed by atoms with Crippen molar-refractivity contribution in [1.82, 2.24) is 10.2 Å². The Hall–Kier alpha value is -0.970. The Labute approximate surface area is 145 Å². The van der Waals surface area contributed by atoms with Gasteiger partial charge in [-0.1, -0.05) is 18.5 Å². The minimum Gasteiger partial charge on any atom is -0.493 e. The predicted molar refractivity (Wildman–Crippen MR) is 95.7 cm³/mol. The van der Waals surface area contributed by atoms with Crippen LogP contribution < -0.4 is 14.8 Å². The summed E-state index contributed by atoms with van der Waals surface area (Å²) in [7, 11) is 1.65. The standard InChI is InChI=1S/C18H29ClN2O2/c1-5-21-8-6-7-15(21)12-20-11-14-9-16(19)18(23-13(2)3)17(10-14)22-4/h9-10,13,15,20H,5-8,11-12H2,1-4H3/t15-/m0/s1. The lowest BCUT2D eigenvalue weighted by Crippen LogP contribution is -2.37. The summed E-state index contributed by atoms with van der Waals surface area (Å²) in [6.45, 7) is 10.3. The van der Waals surface area contributed by atoms with Crippen molar-refractivity contribution in [2.75, 3.05) is 26.7 Å². The molecule has 5 heteroatoms. The lowest BCUT2D eigenvalue weighted by Gasteiger charge is -2.23. The van der Waals surface area contributed by atoms with Crippen LogP contribution >= 0.6 is 11.6 Å². The van der Waals surface area contributed by atoms with E-state index in [1.807, 2.05) is 26.0 Å². The van der Waals surface area contributed by atoms with Crippen LogP contribution in [0.25, 0.3) is 0 Å². The monoisotopic (exact) mass is 340 g/mol. The van der Waals surface area contributed by atoms with Gasteiger partial charge in [0.1, 0.15) is 0 Å². The van der Waals surface area contributed by atoms with Crippen LogP contribution in [0.5, 0.6) is 11.5 Å². The first-order chi connectivity index (χ1) is 11.0. The van der Waals surface area contributed by atoms with E-state index in [1.54, 1.807) is 7.11 Å². The van der Waals surface area contributed by atoms with Crippen molar-refractivity contribution in [2.45, 2.75) is 52.3 Å². The molecule has 0 unspecified atom stereocenters. The van der Waals surface area contributed by atoms with Gasteiger partial charge in [-0.2, -0.15) is 0 Å². The number of rotatable bonds is 8. The summed E-state index contributed by atoms with van der Waals surface area (Å²) < 4.78 is 11.2. The van der Waals surface area contributed by atoms with Crippen LogP contribution in [0.15, 0.2) is 12.1 Å². The Kier molecular flexibility index (Phi) is 7.00. The summed E-state index contributed by atoms with van der Waals surface area (Å²) in [6.07, 6.45) is 2.65. The number of likely N-dealkylation sites (tertiary alicyclic amines) is 1. The first-order valence-corrected chi connectivity index (χ1v) is 8.90. The SMILES string of the molecule is CCN1CCC[C@H]1CNCc1cc(Cl)c(OC(C)C)c(OC)c1. The van der Waals surface area contributed by atoms with Gasteiger partial charge in [-0.25, -0.2) is 0 Å². The molecule has 0 spiro atoms. The molecular weight excluding hydrogens is 312 g/mol. The maximum absolute atomic E-state index is 6.37. The average Bonchev–Trinajstić information content (AvgIpc) is 2.96. The highest BCUT2D eigenvalue weighted by Gasteiger charge is 2.22. The van der Waals surface area contributed by atoms with Gasteiger partial charge in [0.2, 0.25) is 0 Å². The third-order valence-electron chi connectivity index (χ3n) is 4.26. The van der Waals surface area contributed by atoms with Gasteiger partial charge in [-0.15, -0.1) is 0 Å². The zero-order valence-electron chi connectivity index (χ0n) is 14.7. The van der Waals surface area contributed by atoms with Crippen molar-refractivity contribution < 1.29 is 9.47 Å². The van der Waals surface area contributed by atoms with Crippen LogP contribution in [0.1, 0.15) is 39.2 Å². The van der Waals surface area contributed by atoms with E-state index in [2.05, 4.69) is 17.1 Å². The first kappa shape index (κ1) is 18.4. The number of likely N-dealkylation sites (N-methyl/N-ethyl adjacent to an activating group) is 1. The molecule has 0 bridgehead atoms. The van der Waals surface area contributed by atoms with Crippen LogP contribution in [-0.4, -0.2) is 43.8 Å². The fourth-order valence-corrected chi connectivity index (χ4v) is 3.43. The number of hydrogen-bond acceptors (Lipinski definition) is 4. The molecule has 0 saturated carbocycles. The third kappa shape index (κ3) is 5.00. The molecule has 1 N–H and O–H groups in total. The average molecular weight is 341 g/mol. The van der Waals surface area contributed by atoms with Gasteiger partial charge in [-0.05, 0) is 57.5 Å². The Morgan fingerprint density at radius 1 is 1.39 bits per heavy atom. The van der Waals surface area contributed by atoms with Crippen molar-refractivity contribution in [3.63, 3.8) is 0 Å². The van der Waals surface area contributed by atoms with E-state index in [1.165, 1.54) is 19.4 Å². The summed E-state index contributed by atoms with van der Waals surface area (Å²) in [6, 6.07) is 4.62. The van der Waals surface area contributed by atoms with Crippen LogP contribution in [0.2, 0.25) is 5.02 Å². The Morgan fingerprint density at radius 2 is 2.17 bits per heavy atom. The van der Waals surface area contributed by atoms with Crippen LogP contribution in [0.4, 0.5) is 0 Å². The lowest BCUT2D eigenvalue weighted by atomic mass is 10.1. The van der Waals surface area contributed by atoms with E-state index in [-0.39, 0.29) is 6.10 Å². The molecular formula is C18H29ClN2O2. The molecule has 1 aromatic carbocycles. The van der Waals surface area contributed by atoms with Gasteiger partial charge < -0.3 is 14.8 Å². The second-order valence-corrected chi connectivity index (χ2v) is 6.74. The Morgan fingerprint density at radius 3 is 2.83 bits per heavy atom. The molecule has 1 heterocycles. The van der Waals surface area contributed by atoms with E-state index in [0.29, 0.717) is 22.6 Å². The highest BCUT2D eigenvalue weighted by Crippen LogP contribution is 2.37. The first-order valence-electron chi connectivity index (χ1n) is 8.53. The van der Waals surface area contributed by atoms with Crippen molar-refractivity contribution in [3.8, 4) is 11.5 Å². The molecule has 2 rings (SSSR count). The summed E-state index contributed by atoms with van der Waals surface area (Å²) in [5.41, 5.74) is 1.11. The molecule has 0 aromatic heterocycles. The van der Waals surface area contributed by atoms with Crippen molar-refractivity contribution in [1.29, 1.82) is 0 Å². The predicted octanol–water partition coefficient (Wildman–Crippen LogP) is 3.71. The molecule has 0 radical (unpaired) electrons. The Bertz CT molecular complexity index is 508. The maximum Gasteiger partial charge on any atom is 0.180 e. The number of methoxy groups -OCH3 is 1. The highest BCUT2D eigenvalue weighted by atomic mass is 35.5. The second kappa shape index (κ2) is 8.76. The Balaban J connectivity index is 1.96. The highest BCUT2D eigenvalue weighted by molar-refractivity contribution is 6.32. The van der Waals surface area contributed by atoms with E-state index < -0.39 is 0 Å². The smallest absolute Gasteiger partial charge is 0.180 e. The van der Waals surface area contributed by atoms with Gasteiger partial charge in [0.05, 0.1) is 18.2 Å². The van der Waals surface area contributed by atoms with Gasteiger partial charge in [0.15, 0.2) is 11.5 Å². The van der Waals surface area contributed by atoms with Gasteiger partial charge in [0.25, 0.3) is 0 Å². The molecule has 1 aromatic rings. The summed E-state index contributed by atoms with van der Waals surface area (Å²) >= 11 is 6.37. The largest absolute Gasteiger partial charge is 0.493 e. The molecule has 1 aliphatic rings.